The van der Waals surface area contributed by atoms with Gasteiger partial charge in [0, 0.05) is 12.8 Å². The molecule has 0 aliphatic heterocycles. The van der Waals surface area contributed by atoms with Crippen LogP contribution < -0.4 is 5.32 Å². The van der Waals surface area contributed by atoms with E-state index in [0.29, 0.717) is 12.8 Å². The Hall–Kier alpha value is -2.04. The lowest BCUT2D eigenvalue weighted by molar-refractivity contribution is -0.147. The van der Waals surface area contributed by atoms with Crippen molar-refractivity contribution in [3.8, 4) is 0 Å². The molecule has 0 aromatic carbocycles. The first kappa shape index (κ1) is 46.0. The van der Waals surface area contributed by atoms with Crippen molar-refractivity contribution in [3.63, 3.8) is 0 Å². The molecule has 3 atom stereocenters. The van der Waals surface area contributed by atoms with Gasteiger partial charge in [0.25, 0.3) is 0 Å². The van der Waals surface area contributed by atoms with Gasteiger partial charge in [0.15, 0.2) is 6.04 Å². The maximum atomic E-state index is 12.0. The Labute approximate surface area is 289 Å². The Morgan fingerprint density at radius 1 is 0.667 bits per heavy atom. The van der Waals surface area contributed by atoms with Gasteiger partial charge in [0.1, 0.15) is 12.7 Å². The SMILES string of the molecule is CCCCC/C=C\C/C=C\CCCCCCCCCCCCCCCC(=O)OCC(O)COP(=O)(O)OCC(NC(=O)CCC)C(=O)O. The smallest absolute Gasteiger partial charge is 0.472 e. The summed E-state index contributed by atoms with van der Waals surface area (Å²) < 4.78 is 26.3. The number of hydrogen-bond donors (Lipinski definition) is 4. The average Bonchev–Trinajstić information content (AvgIpc) is 3.05. The molecule has 0 radical (unpaired) electrons. The van der Waals surface area contributed by atoms with Gasteiger partial charge in [0.05, 0.1) is 13.2 Å². The molecule has 0 fully saturated rings. The second kappa shape index (κ2) is 32.2. The number of nitrogens with one attached hydrogen (secondary N) is 1. The molecule has 0 aromatic heterocycles. The van der Waals surface area contributed by atoms with E-state index in [4.69, 9.17) is 9.84 Å². The van der Waals surface area contributed by atoms with Crippen molar-refractivity contribution in [2.24, 2.45) is 0 Å². The summed E-state index contributed by atoms with van der Waals surface area (Å²) in [5.74, 6) is -2.44. The van der Waals surface area contributed by atoms with Crippen LogP contribution in [0.25, 0.3) is 0 Å². The van der Waals surface area contributed by atoms with Crippen LogP contribution in [0.3, 0.4) is 0 Å². The van der Waals surface area contributed by atoms with Crippen LogP contribution in [0.4, 0.5) is 0 Å². The minimum Gasteiger partial charge on any atom is -0.480 e. The summed E-state index contributed by atoms with van der Waals surface area (Å²) in [6, 6.07) is -1.54. The minimum atomic E-state index is -4.72. The largest absolute Gasteiger partial charge is 0.480 e. The zero-order chi connectivity index (χ0) is 35.7. The number of aliphatic hydroxyl groups excluding tert-OH is 1. The van der Waals surface area contributed by atoms with Crippen LogP contribution in [0.1, 0.15) is 155 Å². The lowest BCUT2D eigenvalue weighted by Crippen LogP contribution is -2.43. The van der Waals surface area contributed by atoms with Crippen molar-refractivity contribution in [3.05, 3.63) is 24.3 Å². The van der Waals surface area contributed by atoms with Gasteiger partial charge in [0.2, 0.25) is 5.91 Å². The van der Waals surface area contributed by atoms with Gasteiger partial charge in [-0.25, -0.2) is 9.36 Å². The summed E-state index contributed by atoms with van der Waals surface area (Å²) in [6.45, 7) is 2.09. The van der Waals surface area contributed by atoms with E-state index in [9.17, 15) is 28.9 Å². The van der Waals surface area contributed by atoms with Crippen LogP contribution in [-0.2, 0) is 32.7 Å². The highest BCUT2D eigenvalue weighted by Gasteiger charge is 2.28. The summed E-state index contributed by atoms with van der Waals surface area (Å²) in [6.07, 6.45) is 31.5. The van der Waals surface area contributed by atoms with Crippen molar-refractivity contribution >= 4 is 25.7 Å². The topological polar surface area (TPSA) is 169 Å². The number of ether oxygens (including phenoxy) is 1. The first-order chi connectivity index (χ1) is 23.1. The Balaban J connectivity index is 3.65. The van der Waals surface area contributed by atoms with Gasteiger partial charge in [-0.2, -0.15) is 0 Å². The molecule has 0 saturated carbocycles. The number of aliphatic carboxylic acids is 1. The van der Waals surface area contributed by atoms with E-state index in [1.807, 2.05) is 0 Å². The molecule has 0 aliphatic carbocycles. The van der Waals surface area contributed by atoms with Gasteiger partial charge in [-0.15, -0.1) is 0 Å². The third kappa shape index (κ3) is 31.2. The fraction of sp³-hybridized carbons (Fsp3) is 0.806. The number of allylic oxidation sites excluding steroid dienone is 4. The van der Waals surface area contributed by atoms with E-state index in [0.717, 1.165) is 25.7 Å². The molecule has 4 N–H and O–H groups in total. The number of carbonyl (C=O) groups is 3. The number of unbranched alkanes of at least 4 members (excludes halogenated alkanes) is 16. The number of carboxylic acid groups (broad SMARTS) is 1. The molecule has 1 amide bonds. The molecule has 0 saturated heterocycles. The number of phosphoric ester groups is 1. The monoisotopic (exact) mass is 703 g/mol. The number of carbonyl (C=O) groups excluding carboxylic acids is 2. The van der Waals surface area contributed by atoms with Crippen molar-refractivity contribution in [2.75, 3.05) is 19.8 Å². The van der Waals surface area contributed by atoms with E-state index >= 15 is 0 Å². The molecule has 0 heterocycles. The number of phosphoric acid groups is 1. The number of hydrogen-bond acceptors (Lipinski definition) is 8. The number of esters is 1. The highest BCUT2D eigenvalue weighted by molar-refractivity contribution is 7.47. The van der Waals surface area contributed by atoms with E-state index in [1.54, 1.807) is 6.92 Å². The van der Waals surface area contributed by atoms with Crippen molar-refractivity contribution in [1.82, 2.24) is 5.32 Å². The summed E-state index contributed by atoms with van der Waals surface area (Å²) in [4.78, 5) is 44.5. The molecule has 0 rings (SSSR count). The molecule has 0 aliphatic rings. The van der Waals surface area contributed by atoms with Crippen LogP contribution >= 0.6 is 7.82 Å². The van der Waals surface area contributed by atoms with Crippen molar-refractivity contribution < 1.29 is 47.8 Å². The van der Waals surface area contributed by atoms with Crippen molar-refractivity contribution in [1.29, 1.82) is 0 Å². The standard InChI is InChI=1S/C36H66NO10P/c1-3-5-6-7-8-9-10-11-12-13-14-15-16-17-18-19-20-21-22-23-24-25-26-28-35(40)45-29-32(38)30-46-48(43,44)47-31-33(36(41)42)37-34(39)27-4-2/h8-9,11-12,32-33,38H,3-7,10,13-31H2,1-2H3,(H,37,39)(H,41,42)(H,43,44)/b9-8-,12-11-. The molecule has 12 heteroatoms. The van der Waals surface area contributed by atoms with Crippen LogP contribution in [-0.4, -0.2) is 64.9 Å². The number of aliphatic hydroxyl groups is 1. The summed E-state index contributed by atoms with van der Waals surface area (Å²) >= 11 is 0. The van der Waals surface area contributed by atoms with Crippen molar-refractivity contribution in [2.45, 2.75) is 167 Å². The van der Waals surface area contributed by atoms with Gasteiger partial charge in [-0.1, -0.05) is 122 Å². The Kier molecular flexibility index (Phi) is 30.8. The zero-order valence-electron chi connectivity index (χ0n) is 29.8. The molecular formula is C36H66NO10P. The number of rotatable bonds is 34. The zero-order valence-corrected chi connectivity index (χ0v) is 30.7. The molecule has 0 bridgehead atoms. The van der Waals surface area contributed by atoms with Crippen LogP contribution in [0.5, 0.6) is 0 Å². The first-order valence-electron chi connectivity index (χ1n) is 18.4. The second-order valence-electron chi connectivity index (χ2n) is 12.4. The first-order valence-corrected chi connectivity index (χ1v) is 19.9. The summed E-state index contributed by atoms with van der Waals surface area (Å²) in [5.41, 5.74) is 0. The Morgan fingerprint density at radius 3 is 1.69 bits per heavy atom. The minimum absolute atomic E-state index is 0.0967. The van der Waals surface area contributed by atoms with Crippen LogP contribution in [0.15, 0.2) is 24.3 Å². The third-order valence-corrected chi connectivity index (χ3v) is 8.66. The molecule has 48 heavy (non-hydrogen) atoms. The van der Waals surface area contributed by atoms with E-state index in [2.05, 4.69) is 45.6 Å². The quantitative estimate of drug-likeness (QED) is 0.0221. The molecule has 0 aromatic rings. The van der Waals surface area contributed by atoms with Gasteiger partial charge in [-0.3, -0.25) is 18.6 Å². The van der Waals surface area contributed by atoms with E-state index in [1.165, 1.54) is 89.9 Å². The second-order valence-corrected chi connectivity index (χ2v) is 13.9. The molecular weight excluding hydrogens is 637 g/mol. The van der Waals surface area contributed by atoms with E-state index < -0.39 is 57.6 Å². The number of amides is 1. The van der Waals surface area contributed by atoms with Gasteiger partial charge >= 0.3 is 19.8 Å². The fourth-order valence-electron chi connectivity index (χ4n) is 4.86. The highest BCUT2D eigenvalue weighted by Crippen LogP contribution is 2.43. The lowest BCUT2D eigenvalue weighted by Gasteiger charge is -2.18. The lowest BCUT2D eigenvalue weighted by atomic mass is 10.0. The molecule has 3 unspecified atom stereocenters. The Morgan fingerprint density at radius 2 is 1.17 bits per heavy atom. The Bertz CT molecular complexity index is 926. The predicted molar refractivity (Wildman–Crippen MR) is 189 cm³/mol. The maximum absolute atomic E-state index is 12.0. The van der Waals surface area contributed by atoms with E-state index in [-0.39, 0.29) is 12.8 Å². The average molecular weight is 704 g/mol. The third-order valence-electron chi connectivity index (χ3n) is 7.71. The van der Waals surface area contributed by atoms with Crippen LogP contribution in [0.2, 0.25) is 0 Å². The number of carboxylic acids is 1. The molecule has 280 valence electrons. The highest BCUT2D eigenvalue weighted by atomic mass is 31.2. The maximum Gasteiger partial charge on any atom is 0.472 e. The fourth-order valence-corrected chi connectivity index (χ4v) is 5.63. The predicted octanol–water partition coefficient (Wildman–Crippen LogP) is 8.33. The van der Waals surface area contributed by atoms with Gasteiger partial charge < -0.3 is 25.2 Å². The summed E-state index contributed by atoms with van der Waals surface area (Å²) in [7, 11) is -4.72. The van der Waals surface area contributed by atoms with Crippen LogP contribution in [0, 0.1) is 0 Å². The molecule has 11 nitrogen and oxygen atoms in total. The summed E-state index contributed by atoms with van der Waals surface area (Å²) in [5, 5.41) is 21.2. The molecule has 0 spiro atoms. The normalized spacial score (nSPS) is 14.2. The van der Waals surface area contributed by atoms with Gasteiger partial charge in [-0.05, 0) is 44.9 Å².